The Kier molecular flexibility index (Phi) is 7.91. The number of ether oxygens (including phenoxy) is 2. The van der Waals surface area contributed by atoms with E-state index in [0.29, 0.717) is 17.8 Å². The summed E-state index contributed by atoms with van der Waals surface area (Å²) in [5.41, 5.74) is 9.40. The Labute approximate surface area is 176 Å². The number of pyridine rings is 1. The SMILES string of the molecule is COC(=O)Nc1ccc(-c2ccnc(CCCC=NC(=O)OC(C)(C)C)c2)c(N)c1. The minimum absolute atomic E-state index is 0.533. The van der Waals surface area contributed by atoms with Crippen LogP contribution in [0.4, 0.5) is 21.0 Å². The fourth-order valence-electron chi connectivity index (χ4n) is 2.66. The van der Waals surface area contributed by atoms with E-state index in [2.05, 4.69) is 20.0 Å². The Hall–Kier alpha value is -3.42. The summed E-state index contributed by atoms with van der Waals surface area (Å²) >= 11 is 0. The number of methoxy groups -OCH3 is 1. The number of nitrogens with two attached hydrogens (primary N) is 1. The van der Waals surface area contributed by atoms with Gasteiger partial charge in [-0.15, -0.1) is 0 Å². The first kappa shape index (κ1) is 22.9. The standard InChI is InChI=1S/C22H28N4O4/c1-22(2,3)30-20(27)25-11-6-5-7-16-13-15(10-12-24-16)18-9-8-17(14-19(18)23)26-21(28)29-4/h8-14H,5-7,23H2,1-4H3,(H,26,28). The number of nitrogens with one attached hydrogen (secondary N) is 1. The van der Waals surface area contributed by atoms with E-state index in [-0.39, 0.29) is 0 Å². The molecule has 0 aliphatic rings. The second-order valence-corrected chi connectivity index (χ2v) is 7.64. The van der Waals surface area contributed by atoms with Crippen LogP contribution in [-0.4, -0.2) is 36.1 Å². The number of benzene rings is 1. The quantitative estimate of drug-likeness (QED) is 0.398. The average molecular weight is 412 g/mol. The molecule has 1 aromatic carbocycles. The summed E-state index contributed by atoms with van der Waals surface area (Å²) in [7, 11) is 1.30. The van der Waals surface area contributed by atoms with Gasteiger partial charge < -0.3 is 15.2 Å². The van der Waals surface area contributed by atoms with Gasteiger partial charge in [-0.3, -0.25) is 10.3 Å². The number of anilines is 2. The molecule has 0 fully saturated rings. The van der Waals surface area contributed by atoms with Crippen LogP contribution in [0.25, 0.3) is 11.1 Å². The molecule has 30 heavy (non-hydrogen) atoms. The van der Waals surface area contributed by atoms with Crippen molar-refractivity contribution in [3.8, 4) is 11.1 Å². The molecule has 2 rings (SSSR count). The predicted molar refractivity (Wildman–Crippen MR) is 118 cm³/mol. The lowest BCUT2D eigenvalue weighted by molar-refractivity contribution is 0.0605. The molecule has 0 bridgehead atoms. The van der Waals surface area contributed by atoms with E-state index in [1.165, 1.54) is 7.11 Å². The van der Waals surface area contributed by atoms with Gasteiger partial charge in [-0.2, -0.15) is 4.99 Å². The fourth-order valence-corrected chi connectivity index (χ4v) is 2.66. The highest BCUT2D eigenvalue weighted by Crippen LogP contribution is 2.29. The van der Waals surface area contributed by atoms with Crippen molar-refractivity contribution in [1.29, 1.82) is 0 Å². The van der Waals surface area contributed by atoms with Crippen molar-refractivity contribution in [3.63, 3.8) is 0 Å². The lowest BCUT2D eigenvalue weighted by Crippen LogP contribution is -2.21. The van der Waals surface area contributed by atoms with E-state index < -0.39 is 17.8 Å². The van der Waals surface area contributed by atoms with Crippen molar-refractivity contribution < 1.29 is 19.1 Å². The third-order valence-electron chi connectivity index (χ3n) is 3.97. The molecule has 3 N–H and O–H groups in total. The Morgan fingerprint density at radius 1 is 1.23 bits per heavy atom. The van der Waals surface area contributed by atoms with Crippen LogP contribution in [0.2, 0.25) is 0 Å². The van der Waals surface area contributed by atoms with E-state index in [4.69, 9.17) is 10.5 Å². The van der Waals surface area contributed by atoms with Gasteiger partial charge in [0.1, 0.15) is 5.60 Å². The third-order valence-corrected chi connectivity index (χ3v) is 3.97. The zero-order valence-corrected chi connectivity index (χ0v) is 17.8. The number of carbonyl (C=O) groups is 2. The van der Waals surface area contributed by atoms with Gasteiger partial charge in [0.15, 0.2) is 0 Å². The van der Waals surface area contributed by atoms with E-state index >= 15 is 0 Å². The highest BCUT2D eigenvalue weighted by atomic mass is 16.6. The van der Waals surface area contributed by atoms with Gasteiger partial charge >= 0.3 is 12.2 Å². The van der Waals surface area contributed by atoms with Crippen LogP contribution in [-0.2, 0) is 15.9 Å². The van der Waals surface area contributed by atoms with E-state index in [0.717, 1.165) is 29.7 Å². The lowest BCUT2D eigenvalue weighted by Gasteiger charge is -2.17. The third kappa shape index (κ3) is 7.54. The second-order valence-electron chi connectivity index (χ2n) is 7.64. The molecule has 2 amide bonds. The molecule has 0 aliphatic carbocycles. The summed E-state index contributed by atoms with van der Waals surface area (Å²) in [6.45, 7) is 5.40. The maximum Gasteiger partial charge on any atom is 0.433 e. The summed E-state index contributed by atoms with van der Waals surface area (Å²) in [5.74, 6) is 0. The number of amides is 2. The van der Waals surface area contributed by atoms with Crippen LogP contribution in [0, 0.1) is 0 Å². The lowest BCUT2D eigenvalue weighted by atomic mass is 10.0. The van der Waals surface area contributed by atoms with Gasteiger partial charge in [0.25, 0.3) is 0 Å². The van der Waals surface area contributed by atoms with Gasteiger partial charge in [-0.05, 0) is 69.9 Å². The number of rotatable bonds is 6. The first-order valence-corrected chi connectivity index (χ1v) is 9.63. The molecule has 0 saturated carbocycles. The highest BCUT2D eigenvalue weighted by molar-refractivity contribution is 5.87. The molecule has 160 valence electrons. The highest BCUT2D eigenvalue weighted by Gasteiger charge is 2.14. The zero-order valence-electron chi connectivity index (χ0n) is 17.8. The number of hydrogen-bond acceptors (Lipinski definition) is 6. The number of unbranched alkanes of at least 4 members (excludes halogenated alkanes) is 1. The van der Waals surface area contributed by atoms with Crippen LogP contribution in [0.5, 0.6) is 0 Å². The minimum Gasteiger partial charge on any atom is -0.453 e. The van der Waals surface area contributed by atoms with Crippen LogP contribution in [0.3, 0.4) is 0 Å². The van der Waals surface area contributed by atoms with Crippen molar-refractivity contribution in [2.75, 3.05) is 18.2 Å². The molecular formula is C22H28N4O4. The zero-order chi connectivity index (χ0) is 22.1. The van der Waals surface area contributed by atoms with Crippen molar-refractivity contribution in [2.45, 2.75) is 45.6 Å². The molecule has 0 unspecified atom stereocenters. The van der Waals surface area contributed by atoms with Gasteiger partial charge in [-0.1, -0.05) is 6.07 Å². The molecule has 0 radical (unpaired) electrons. The van der Waals surface area contributed by atoms with Gasteiger partial charge in [0.05, 0.1) is 7.11 Å². The van der Waals surface area contributed by atoms with Crippen molar-refractivity contribution in [1.82, 2.24) is 4.98 Å². The summed E-state index contributed by atoms with van der Waals surface area (Å²) in [5, 5.41) is 2.58. The van der Waals surface area contributed by atoms with Crippen LogP contribution in [0.15, 0.2) is 41.5 Å². The molecule has 8 heteroatoms. The number of nitrogen functional groups attached to an aromatic ring is 1. The molecule has 1 aromatic heterocycles. The molecule has 0 spiro atoms. The Morgan fingerprint density at radius 2 is 2.00 bits per heavy atom. The van der Waals surface area contributed by atoms with Crippen molar-refractivity contribution >= 4 is 29.8 Å². The molecule has 1 heterocycles. The first-order valence-electron chi connectivity index (χ1n) is 9.63. The number of nitrogens with zero attached hydrogens (tertiary/aromatic N) is 2. The average Bonchev–Trinajstić information content (AvgIpc) is 2.66. The van der Waals surface area contributed by atoms with Crippen molar-refractivity contribution in [3.05, 3.63) is 42.2 Å². The number of aliphatic imine (C=N–C) groups is 1. The van der Waals surface area contributed by atoms with Crippen LogP contribution in [0.1, 0.15) is 39.3 Å². The number of aryl methyl sites for hydroxylation is 1. The largest absolute Gasteiger partial charge is 0.453 e. The Morgan fingerprint density at radius 3 is 2.67 bits per heavy atom. The van der Waals surface area contributed by atoms with Gasteiger partial charge in [-0.25, -0.2) is 9.59 Å². The molecule has 8 nitrogen and oxygen atoms in total. The monoisotopic (exact) mass is 412 g/mol. The summed E-state index contributed by atoms with van der Waals surface area (Å²) in [6.07, 6.45) is 4.34. The van der Waals surface area contributed by atoms with Crippen molar-refractivity contribution in [2.24, 2.45) is 4.99 Å². The summed E-state index contributed by atoms with van der Waals surface area (Å²) in [6, 6.07) is 9.14. The summed E-state index contributed by atoms with van der Waals surface area (Å²) < 4.78 is 9.70. The molecule has 2 aromatic rings. The Balaban J connectivity index is 1.95. The molecule has 0 atom stereocenters. The molecule has 0 aliphatic heterocycles. The number of aromatic nitrogens is 1. The van der Waals surface area contributed by atoms with E-state index in [1.54, 1.807) is 45.3 Å². The molecular weight excluding hydrogens is 384 g/mol. The van der Waals surface area contributed by atoms with Gasteiger partial charge in [0, 0.05) is 35.0 Å². The first-order chi connectivity index (χ1) is 14.2. The summed E-state index contributed by atoms with van der Waals surface area (Å²) in [4.78, 5) is 31.1. The number of hydrogen-bond donors (Lipinski definition) is 2. The van der Waals surface area contributed by atoms with Crippen LogP contribution < -0.4 is 11.1 Å². The topological polar surface area (TPSA) is 116 Å². The smallest absolute Gasteiger partial charge is 0.433 e. The molecule has 0 saturated heterocycles. The maximum absolute atomic E-state index is 11.6. The second kappa shape index (κ2) is 10.4. The Bertz CT molecular complexity index is 920. The minimum atomic E-state index is -0.580. The normalized spacial score (nSPS) is 11.3. The van der Waals surface area contributed by atoms with Crippen LogP contribution >= 0.6 is 0 Å². The fraction of sp³-hybridized carbons (Fsp3) is 0.364. The maximum atomic E-state index is 11.6. The van der Waals surface area contributed by atoms with E-state index in [1.807, 2.05) is 18.2 Å². The number of carbonyl (C=O) groups excluding carboxylic acids is 2. The van der Waals surface area contributed by atoms with E-state index in [9.17, 15) is 9.59 Å². The van der Waals surface area contributed by atoms with Gasteiger partial charge in [0.2, 0.25) is 0 Å². The predicted octanol–water partition coefficient (Wildman–Crippen LogP) is 4.84.